The molecule has 0 bridgehead atoms. The van der Waals surface area contributed by atoms with E-state index in [1.807, 2.05) is 0 Å². The van der Waals surface area contributed by atoms with Crippen LogP contribution in [-0.2, 0) is 15.6 Å². The number of hydrogen-bond acceptors (Lipinski definition) is 4. The highest BCUT2D eigenvalue weighted by Crippen LogP contribution is 2.20. The first kappa shape index (κ1) is 14.3. The maximum Gasteiger partial charge on any atom is 0.327 e. The number of carbonyl (C=O) groups excluding carboxylic acids is 1. The summed E-state index contributed by atoms with van der Waals surface area (Å²) in [7, 11) is -1.00. The Hall–Kier alpha value is -0.760. The van der Waals surface area contributed by atoms with Crippen molar-refractivity contribution in [1.29, 1.82) is 0 Å². The predicted octanol–water partition coefficient (Wildman–Crippen LogP) is -0.0775. The summed E-state index contributed by atoms with van der Waals surface area (Å²) >= 11 is 1.41. The second kappa shape index (κ2) is 6.25. The van der Waals surface area contributed by atoms with E-state index in [1.165, 1.54) is 16.7 Å². The van der Waals surface area contributed by atoms with E-state index >= 15 is 0 Å². The van der Waals surface area contributed by atoms with Gasteiger partial charge in [0.25, 0.3) is 0 Å². The fourth-order valence-electron chi connectivity index (χ4n) is 1.30. The van der Waals surface area contributed by atoms with Gasteiger partial charge >= 0.3 is 12.0 Å². The van der Waals surface area contributed by atoms with E-state index in [0.29, 0.717) is 11.6 Å². The molecule has 0 saturated carbocycles. The zero-order valence-electron chi connectivity index (χ0n) is 9.71. The molecule has 98 valence electrons. The summed E-state index contributed by atoms with van der Waals surface area (Å²) < 4.78 is 11.1. The molecule has 17 heavy (non-hydrogen) atoms. The Morgan fingerprint density at radius 3 is 2.82 bits per heavy atom. The number of thioether (sulfide) groups is 1. The number of carbonyl (C=O) groups is 2. The molecule has 1 rings (SSSR count). The van der Waals surface area contributed by atoms with Crippen LogP contribution in [0.3, 0.4) is 0 Å². The summed E-state index contributed by atoms with van der Waals surface area (Å²) in [4.78, 5) is 23.9. The monoisotopic (exact) mass is 280 g/mol. The lowest BCUT2D eigenvalue weighted by molar-refractivity contribution is -0.140. The van der Waals surface area contributed by atoms with Crippen LogP contribution in [0.5, 0.6) is 0 Å². The molecular formula is C9H16N2O4S2. The molecule has 1 aliphatic heterocycles. The van der Waals surface area contributed by atoms with Crippen molar-refractivity contribution >= 4 is 34.6 Å². The number of nitrogens with zero attached hydrogens (tertiary/aromatic N) is 1. The Labute approximate surface area is 107 Å². The standard InChI is InChI=1S/C9H16N2O4S2/c1-6(17(2)15)3-10-9(14)11-5-16-4-7(11)8(12)13/h6-7H,3-5H2,1-2H3,(H,10,14)(H,12,13)/t6?,7-,17?/m0/s1. The smallest absolute Gasteiger partial charge is 0.327 e. The molecule has 1 aliphatic rings. The van der Waals surface area contributed by atoms with Gasteiger partial charge in [-0.15, -0.1) is 11.8 Å². The number of nitrogens with one attached hydrogen (secondary N) is 1. The van der Waals surface area contributed by atoms with Crippen LogP contribution in [0.25, 0.3) is 0 Å². The van der Waals surface area contributed by atoms with E-state index in [9.17, 15) is 13.8 Å². The average Bonchev–Trinajstić information content (AvgIpc) is 2.73. The number of rotatable bonds is 4. The Bertz CT molecular complexity index is 337. The molecule has 1 heterocycles. The first-order chi connectivity index (χ1) is 7.93. The van der Waals surface area contributed by atoms with Crippen LogP contribution >= 0.6 is 11.8 Å². The summed E-state index contributed by atoms with van der Waals surface area (Å²) in [5, 5.41) is 11.4. The summed E-state index contributed by atoms with van der Waals surface area (Å²) in [5.41, 5.74) is 0. The van der Waals surface area contributed by atoms with Crippen LogP contribution < -0.4 is 5.32 Å². The van der Waals surface area contributed by atoms with Crippen molar-refractivity contribution in [1.82, 2.24) is 10.2 Å². The van der Waals surface area contributed by atoms with E-state index in [0.717, 1.165) is 0 Å². The van der Waals surface area contributed by atoms with E-state index in [4.69, 9.17) is 5.11 Å². The lowest BCUT2D eigenvalue weighted by atomic mass is 10.3. The Balaban J connectivity index is 2.47. The van der Waals surface area contributed by atoms with Gasteiger partial charge in [-0.05, 0) is 6.92 Å². The maximum atomic E-state index is 11.7. The van der Waals surface area contributed by atoms with Crippen molar-refractivity contribution in [3.63, 3.8) is 0 Å². The summed E-state index contributed by atoms with van der Waals surface area (Å²) in [6, 6.07) is -1.16. The largest absolute Gasteiger partial charge is 0.480 e. The van der Waals surface area contributed by atoms with Crippen molar-refractivity contribution in [2.45, 2.75) is 18.2 Å². The number of hydrogen-bond donors (Lipinski definition) is 2. The molecule has 6 nitrogen and oxygen atoms in total. The van der Waals surface area contributed by atoms with Crippen LogP contribution in [-0.4, -0.2) is 61.9 Å². The van der Waals surface area contributed by atoms with Crippen LogP contribution in [0.1, 0.15) is 6.92 Å². The van der Waals surface area contributed by atoms with Crippen molar-refractivity contribution < 1.29 is 18.9 Å². The second-order valence-corrected chi connectivity index (χ2v) is 6.62. The van der Waals surface area contributed by atoms with Gasteiger partial charge in [0.1, 0.15) is 6.04 Å². The molecule has 1 fully saturated rings. The van der Waals surface area contributed by atoms with Crippen LogP contribution in [0.15, 0.2) is 0 Å². The fourth-order valence-corrected chi connectivity index (χ4v) is 2.76. The van der Waals surface area contributed by atoms with E-state index in [2.05, 4.69) is 5.32 Å². The third kappa shape index (κ3) is 3.88. The SMILES string of the molecule is CC(CNC(=O)N1CSC[C@H]1C(=O)O)S(C)=O. The molecule has 1 saturated heterocycles. The van der Waals surface area contributed by atoms with Gasteiger partial charge in [0, 0.05) is 34.6 Å². The molecule has 0 aromatic carbocycles. The van der Waals surface area contributed by atoms with Crippen molar-refractivity contribution in [3.05, 3.63) is 0 Å². The van der Waals surface area contributed by atoms with Gasteiger partial charge in [-0.3, -0.25) is 4.21 Å². The van der Waals surface area contributed by atoms with Gasteiger partial charge in [0.05, 0.1) is 5.88 Å². The molecule has 2 amide bonds. The third-order valence-corrected chi connectivity index (χ3v) is 4.85. The van der Waals surface area contributed by atoms with Gasteiger partial charge in [-0.2, -0.15) is 0 Å². The Kier molecular flexibility index (Phi) is 5.26. The molecule has 2 unspecified atom stereocenters. The summed E-state index contributed by atoms with van der Waals surface area (Å²) in [6.45, 7) is 2.05. The first-order valence-electron chi connectivity index (χ1n) is 5.10. The topological polar surface area (TPSA) is 86.7 Å². The minimum Gasteiger partial charge on any atom is -0.480 e. The lowest BCUT2D eigenvalue weighted by Crippen LogP contribution is -2.48. The normalized spacial score (nSPS) is 23.2. The molecule has 2 N–H and O–H groups in total. The third-order valence-electron chi connectivity index (χ3n) is 2.54. The number of aliphatic carboxylic acids is 1. The fraction of sp³-hybridized carbons (Fsp3) is 0.778. The second-order valence-electron chi connectivity index (χ2n) is 3.82. The number of carboxylic acid groups (broad SMARTS) is 1. The van der Waals surface area contributed by atoms with Crippen LogP contribution in [0.2, 0.25) is 0 Å². The quantitative estimate of drug-likeness (QED) is 0.752. The number of urea groups is 1. The van der Waals surface area contributed by atoms with E-state index in [-0.39, 0.29) is 11.8 Å². The van der Waals surface area contributed by atoms with Crippen LogP contribution in [0, 0.1) is 0 Å². The minimum atomic E-state index is -1.00. The summed E-state index contributed by atoms with van der Waals surface area (Å²) in [5.74, 6) is -0.193. The molecule has 0 radical (unpaired) electrons. The predicted molar refractivity (Wildman–Crippen MR) is 67.5 cm³/mol. The highest BCUT2D eigenvalue weighted by atomic mass is 32.2. The Morgan fingerprint density at radius 1 is 1.65 bits per heavy atom. The molecule has 3 atom stereocenters. The van der Waals surface area contributed by atoms with E-state index in [1.54, 1.807) is 13.2 Å². The average molecular weight is 280 g/mol. The van der Waals surface area contributed by atoms with Gasteiger partial charge in [-0.25, -0.2) is 9.59 Å². The maximum absolute atomic E-state index is 11.7. The van der Waals surface area contributed by atoms with Gasteiger partial charge in [0.15, 0.2) is 0 Å². The molecule has 0 aromatic rings. The van der Waals surface area contributed by atoms with Gasteiger partial charge < -0.3 is 15.3 Å². The van der Waals surface area contributed by atoms with Gasteiger partial charge in [0.2, 0.25) is 0 Å². The highest BCUT2D eigenvalue weighted by Gasteiger charge is 2.34. The van der Waals surface area contributed by atoms with Crippen molar-refractivity contribution in [3.8, 4) is 0 Å². The zero-order valence-corrected chi connectivity index (χ0v) is 11.3. The van der Waals surface area contributed by atoms with Gasteiger partial charge in [-0.1, -0.05) is 0 Å². The van der Waals surface area contributed by atoms with Crippen molar-refractivity contribution in [2.75, 3.05) is 24.4 Å². The molecule has 0 aliphatic carbocycles. The molecule has 8 heteroatoms. The number of carboxylic acids is 1. The summed E-state index contributed by atoms with van der Waals surface area (Å²) in [6.07, 6.45) is 1.57. The Morgan fingerprint density at radius 2 is 2.29 bits per heavy atom. The first-order valence-corrected chi connectivity index (χ1v) is 7.88. The lowest BCUT2D eigenvalue weighted by Gasteiger charge is -2.21. The molecular weight excluding hydrogens is 264 g/mol. The van der Waals surface area contributed by atoms with Crippen LogP contribution in [0.4, 0.5) is 4.79 Å². The molecule has 0 spiro atoms. The highest BCUT2D eigenvalue weighted by molar-refractivity contribution is 7.99. The zero-order chi connectivity index (χ0) is 13.0. The minimum absolute atomic E-state index is 0.141. The van der Waals surface area contributed by atoms with Crippen molar-refractivity contribution in [2.24, 2.45) is 0 Å². The number of amides is 2. The molecule has 0 aromatic heterocycles. The van der Waals surface area contributed by atoms with E-state index < -0.39 is 28.8 Å².